The highest BCUT2D eigenvalue weighted by Gasteiger charge is 2.30. The van der Waals surface area contributed by atoms with Crippen molar-refractivity contribution in [3.63, 3.8) is 0 Å². The Morgan fingerprint density at radius 3 is 2.54 bits per heavy atom. The second kappa shape index (κ2) is 8.16. The van der Waals surface area contributed by atoms with Crippen molar-refractivity contribution in [1.82, 2.24) is 9.97 Å². The zero-order chi connectivity index (χ0) is 20.1. The smallest absolute Gasteiger partial charge is 0.416 e. The number of ether oxygens (including phenoxy) is 1. The SMILES string of the molecule is COc1ccccc1CNc1cc(C)nc(Nc2cccc(C(F)(F)F)c2)n1. The van der Waals surface area contributed by atoms with Crippen LogP contribution < -0.4 is 15.4 Å². The fourth-order valence-corrected chi connectivity index (χ4v) is 2.65. The highest BCUT2D eigenvalue weighted by Crippen LogP contribution is 2.31. The van der Waals surface area contributed by atoms with E-state index >= 15 is 0 Å². The quantitative estimate of drug-likeness (QED) is 0.610. The van der Waals surface area contributed by atoms with Gasteiger partial charge in [0.15, 0.2) is 0 Å². The number of benzene rings is 2. The number of alkyl halides is 3. The third kappa shape index (κ3) is 4.91. The van der Waals surface area contributed by atoms with E-state index in [4.69, 9.17) is 4.74 Å². The fraction of sp³-hybridized carbons (Fsp3) is 0.200. The second-order valence-corrected chi connectivity index (χ2v) is 6.09. The normalized spacial score (nSPS) is 11.2. The van der Waals surface area contributed by atoms with Crippen LogP contribution in [-0.4, -0.2) is 17.1 Å². The van der Waals surface area contributed by atoms with Gasteiger partial charge in [0.2, 0.25) is 5.95 Å². The van der Waals surface area contributed by atoms with Gasteiger partial charge in [0, 0.05) is 29.6 Å². The van der Waals surface area contributed by atoms with Crippen molar-refractivity contribution in [2.45, 2.75) is 19.6 Å². The molecule has 0 unspecified atom stereocenters. The number of nitrogens with zero attached hydrogens (tertiary/aromatic N) is 2. The number of hydrogen-bond donors (Lipinski definition) is 2. The highest BCUT2D eigenvalue weighted by molar-refractivity contribution is 5.56. The van der Waals surface area contributed by atoms with Gasteiger partial charge in [-0.15, -0.1) is 0 Å². The van der Waals surface area contributed by atoms with Crippen LogP contribution in [-0.2, 0) is 12.7 Å². The second-order valence-electron chi connectivity index (χ2n) is 6.09. The molecular weight excluding hydrogens is 369 g/mol. The van der Waals surface area contributed by atoms with Crippen LogP contribution in [0.25, 0.3) is 0 Å². The van der Waals surface area contributed by atoms with E-state index in [0.717, 1.165) is 23.4 Å². The molecule has 0 aliphatic rings. The molecule has 1 heterocycles. The van der Waals surface area contributed by atoms with E-state index in [1.54, 1.807) is 20.1 Å². The van der Waals surface area contributed by atoms with Gasteiger partial charge in [-0.3, -0.25) is 0 Å². The first kappa shape index (κ1) is 19.5. The lowest BCUT2D eigenvalue weighted by atomic mass is 10.2. The molecule has 0 saturated carbocycles. The van der Waals surface area contributed by atoms with Crippen molar-refractivity contribution in [3.8, 4) is 5.75 Å². The summed E-state index contributed by atoms with van der Waals surface area (Å²) in [5.41, 5.74) is 1.15. The Bertz CT molecular complexity index is 960. The Kier molecular flexibility index (Phi) is 5.67. The first-order chi connectivity index (χ1) is 13.3. The molecule has 2 aromatic carbocycles. The summed E-state index contributed by atoms with van der Waals surface area (Å²) in [6.07, 6.45) is -4.41. The molecule has 0 aliphatic heterocycles. The number of para-hydroxylation sites is 1. The van der Waals surface area contributed by atoms with E-state index in [-0.39, 0.29) is 11.6 Å². The molecule has 3 aromatic rings. The Morgan fingerprint density at radius 1 is 1.00 bits per heavy atom. The number of rotatable bonds is 6. The number of anilines is 3. The van der Waals surface area contributed by atoms with Gasteiger partial charge in [0.25, 0.3) is 0 Å². The summed E-state index contributed by atoms with van der Waals surface area (Å²) in [5.74, 6) is 1.51. The number of aromatic nitrogens is 2. The summed E-state index contributed by atoms with van der Waals surface area (Å²) in [6.45, 7) is 2.26. The Balaban J connectivity index is 1.77. The third-order valence-corrected chi connectivity index (χ3v) is 3.95. The molecule has 146 valence electrons. The van der Waals surface area contributed by atoms with Crippen LogP contribution in [0.4, 0.5) is 30.6 Å². The van der Waals surface area contributed by atoms with Crippen LogP contribution in [0.1, 0.15) is 16.8 Å². The predicted molar refractivity (Wildman–Crippen MR) is 102 cm³/mol. The summed E-state index contributed by atoms with van der Waals surface area (Å²) >= 11 is 0. The first-order valence-electron chi connectivity index (χ1n) is 8.51. The molecule has 3 rings (SSSR count). The number of aryl methyl sites for hydroxylation is 1. The lowest BCUT2D eigenvalue weighted by Crippen LogP contribution is -2.08. The zero-order valence-corrected chi connectivity index (χ0v) is 15.3. The number of nitrogens with one attached hydrogen (secondary N) is 2. The maximum Gasteiger partial charge on any atom is 0.416 e. The molecule has 0 fully saturated rings. The molecule has 5 nitrogen and oxygen atoms in total. The summed E-state index contributed by atoms with van der Waals surface area (Å²) in [6, 6.07) is 14.2. The van der Waals surface area contributed by atoms with Crippen molar-refractivity contribution in [1.29, 1.82) is 0 Å². The maximum absolute atomic E-state index is 12.9. The van der Waals surface area contributed by atoms with E-state index in [1.807, 2.05) is 24.3 Å². The number of methoxy groups -OCH3 is 1. The summed E-state index contributed by atoms with van der Waals surface area (Å²) < 4.78 is 44.0. The average Bonchev–Trinajstić information content (AvgIpc) is 2.66. The average molecular weight is 388 g/mol. The van der Waals surface area contributed by atoms with Gasteiger partial charge >= 0.3 is 6.18 Å². The van der Waals surface area contributed by atoms with Crippen molar-refractivity contribution >= 4 is 17.5 Å². The molecule has 28 heavy (non-hydrogen) atoms. The molecule has 0 amide bonds. The van der Waals surface area contributed by atoms with E-state index in [2.05, 4.69) is 20.6 Å². The molecular formula is C20H19F3N4O. The summed E-state index contributed by atoms with van der Waals surface area (Å²) in [5, 5.41) is 6.02. The lowest BCUT2D eigenvalue weighted by molar-refractivity contribution is -0.137. The molecule has 8 heteroatoms. The van der Waals surface area contributed by atoms with Gasteiger partial charge in [-0.05, 0) is 31.2 Å². The standard InChI is InChI=1S/C20H19F3N4O/c1-13-10-18(24-12-14-6-3-4-9-17(14)28-2)27-19(25-13)26-16-8-5-7-15(11-16)20(21,22)23/h3-11H,12H2,1-2H3,(H2,24,25,26,27). The largest absolute Gasteiger partial charge is 0.496 e. The van der Waals surface area contributed by atoms with Crippen molar-refractivity contribution in [2.75, 3.05) is 17.7 Å². The van der Waals surface area contributed by atoms with E-state index in [0.29, 0.717) is 18.1 Å². The Labute approximate surface area is 160 Å². The molecule has 0 radical (unpaired) electrons. The topological polar surface area (TPSA) is 59.1 Å². The van der Waals surface area contributed by atoms with Crippen LogP contribution in [0, 0.1) is 6.92 Å². The summed E-state index contributed by atoms with van der Waals surface area (Å²) in [4.78, 5) is 8.58. The van der Waals surface area contributed by atoms with Crippen LogP contribution in [0.2, 0.25) is 0 Å². The minimum atomic E-state index is -4.41. The number of hydrogen-bond acceptors (Lipinski definition) is 5. The Hall–Kier alpha value is -3.29. The minimum absolute atomic E-state index is 0.210. The van der Waals surface area contributed by atoms with Crippen LogP contribution >= 0.6 is 0 Å². The van der Waals surface area contributed by atoms with Gasteiger partial charge in [0.05, 0.1) is 12.7 Å². The molecule has 0 bridgehead atoms. The molecule has 0 aliphatic carbocycles. The van der Waals surface area contributed by atoms with E-state index in [1.165, 1.54) is 12.1 Å². The van der Waals surface area contributed by atoms with E-state index in [9.17, 15) is 13.2 Å². The maximum atomic E-state index is 12.9. The monoisotopic (exact) mass is 388 g/mol. The van der Waals surface area contributed by atoms with Gasteiger partial charge in [0.1, 0.15) is 11.6 Å². The van der Waals surface area contributed by atoms with Crippen molar-refractivity contribution in [2.24, 2.45) is 0 Å². The lowest BCUT2D eigenvalue weighted by Gasteiger charge is -2.13. The molecule has 0 atom stereocenters. The third-order valence-electron chi connectivity index (χ3n) is 3.95. The molecule has 0 spiro atoms. The van der Waals surface area contributed by atoms with Crippen molar-refractivity contribution < 1.29 is 17.9 Å². The minimum Gasteiger partial charge on any atom is -0.496 e. The zero-order valence-electron chi connectivity index (χ0n) is 15.3. The van der Waals surface area contributed by atoms with Crippen molar-refractivity contribution in [3.05, 3.63) is 71.4 Å². The highest BCUT2D eigenvalue weighted by atomic mass is 19.4. The van der Waals surface area contributed by atoms with Gasteiger partial charge in [-0.2, -0.15) is 18.2 Å². The van der Waals surface area contributed by atoms with Gasteiger partial charge < -0.3 is 15.4 Å². The molecule has 1 aromatic heterocycles. The van der Waals surface area contributed by atoms with Crippen LogP contribution in [0.15, 0.2) is 54.6 Å². The van der Waals surface area contributed by atoms with E-state index < -0.39 is 11.7 Å². The Morgan fingerprint density at radius 2 is 1.79 bits per heavy atom. The predicted octanol–water partition coefficient (Wildman–Crippen LogP) is 5.17. The van der Waals surface area contributed by atoms with Crippen LogP contribution in [0.5, 0.6) is 5.75 Å². The molecule has 0 saturated heterocycles. The van der Waals surface area contributed by atoms with Gasteiger partial charge in [-0.1, -0.05) is 24.3 Å². The number of halogens is 3. The fourth-order valence-electron chi connectivity index (χ4n) is 2.65. The first-order valence-corrected chi connectivity index (χ1v) is 8.51. The van der Waals surface area contributed by atoms with Crippen LogP contribution in [0.3, 0.4) is 0 Å². The van der Waals surface area contributed by atoms with Gasteiger partial charge in [-0.25, -0.2) is 4.98 Å². The summed E-state index contributed by atoms with van der Waals surface area (Å²) in [7, 11) is 1.60. The molecule has 2 N–H and O–H groups in total.